The first-order chi connectivity index (χ1) is 13.5. The van der Waals surface area contributed by atoms with Gasteiger partial charge in [0.05, 0.1) is 13.1 Å². The molecule has 1 aromatic carbocycles. The standard InChI is InChI=1S/C20H32FN5O2/c1-4-23-20(24-13-18(28-3)15-5-7-16(21)8-6-15)25-17-9-11-26(12-10-17)14-19(27)22-2/h5-8,17-18H,4,9-14H2,1-3H3,(H,22,27)(H2,23,24,25). The number of carbonyl (C=O) groups excluding carboxylic acids is 1. The van der Waals surface area contributed by atoms with Crippen LogP contribution in [0, 0.1) is 5.82 Å². The summed E-state index contributed by atoms with van der Waals surface area (Å²) >= 11 is 0. The number of ether oxygens (including phenoxy) is 1. The van der Waals surface area contributed by atoms with Crippen molar-refractivity contribution in [1.82, 2.24) is 20.9 Å². The van der Waals surface area contributed by atoms with E-state index in [0.29, 0.717) is 19.1 Å². The maximum absolute atomic E-state index is 13.1. The Morgan fingerprint density at radius 2 is 2.00 bits per heavy atom. The van der Waals surface area contributed by atoms with Gasteiger partial charge in [-0.05, 0) is 37.5 Å². The summed E-state index contributed by atoms with van der Waals surface area (Å²) in [5.74, 6) is 0.531. The number of likely N-dealkylation sites (tertiary alicyclic amines) is 1. The van der Waals surface area contributed by atoms with Crippen LogP contribution in [0.2, 0.25) is 0 Å². The quantitative estimate of drug-likeness (QED) is 0.458. The van der Waals surface area contributed by atoms with Crippen LogP contribution in [-0.4, -0.2) is 69.7 Å². The average Bonchev–Trinajstić information content (AvgIpc) is 2.71. The Morgan fingerprint density at radius 1 is 1.32 bits per heavy atom. The summed E-state index contributed by atoms with van der Waals surface area (Å²) < 4.78 is 18.7. The number of methoxy groups -OCH3 is 1. The summed E-state index contributed by atoms with van der Waals surface area (Å²) in [6.45, 7) is 5.42. The summed E-state index contributed by atoms with van der Waals surface area (Å²) in [6.07, 6.45) is 1.67. The molecule has 1 saturated heterocycles. The number of benzene rings is 1. The van der Waals surface area contributed by atoms with Crippen LogP contribution in [0.25, 0.3) is 0 Å². The van der Waals surface area contributed by atoms with Gasteiger partial charge >= 0.3 is 0 Å². The van der Waals surface area contributed by atoms with Gasteiger partial charge in [-0.25, -0.2) is 4.39 Å². The number of nitrogens with zero attached hydrogens (tertiary/aromatic N) is 2. The van der Waals surface area contributed by atoms with Gasteiger partial charge in [0.1, 0.15) is 11.9 Å². The number of hydrogen-bond acceptors (Lipinski definition) is 4. The number of nitrogens with one attached hydrogen (secondary N) is 3. The molecule has 8 heteroatoms. The second-order valence-corrected chi connectivity index (χ2v) is 6.86. The Kier molecular flexibility index (Phi) is 9.16. The monoisotopic (exact) mass is 393 g/mol. The lowest BCUT2D eigenvalue weighted by Crippen LogP contribution is -2.50. The maximum atomic E-state index is 13.1. The molecule has 1 amide bonds. The second kappa shape index (κ2) is 11.6. The summed E-state index contributed by atoms with van der Waals surface area (Å²) in [5, 5.41) is 9.41. The molecule has 3 N–H and O–H groups in total. The van der Waals surface area contributed by atoms with Gasteiger partial charge in [0.25, 0.3) is 0 Å². The van der Waals surface area contributed by atoms with Crippen molar-refractivity contribution in [2.24, 2.45) is 4.99 Å². The number of likely N-dealkylation sites (N-methyl/N-ethyl adjacent to an activating group) is 1. The molecule has 7 nitrogen and oxygen atoms in total. The highest BCUT2D eigenvalue weighted by molar-refractivity contribution is 5.80. The van der Waals surface area contributed by atoms with Crippen LogP contribution in [0.4, 0.5) is 4.39 Å². The minimum Gasteiger partial charge on any atom is -0.375 e. The molecule has 1 aliphatic heterocycles. The number of piperidine rings is 1. The van der Waals surface area contributed by atoms with E-state index in [1.807, 2.05) is 6.92 Å². The van der Waals surface area contributed by atoms with Crippen molar-refractivity contribution in [3.05, 3.63) is 35.6 Å². The average molecular weight is 394 g/mol. The van der Waals surface area contributed by atoms with Crippen LogP contribution in [0.1, 0.15) is 31.4 Å². The molecule has 0 bridgehead atoms. The van der Waals surface area contributed by atoms with Crippen molar-refractivity contribution in [3.8, 4) is 0 Å². The fourth-order valence-electron chi connectivity index (χ4n) is 3.20. The molecule has 0 aromatic heterocycles. The van der Waals surface area contributed by atoms with Gasteiger partial charge in [-0.3, -0.25) is 14.7 Å². The molecule has 0 spiro atoms. The molecule has 0 aliphatic carbocycles. The van der Waals surface area contributed by atoms with Gasteiger partial charge < -0.3 is 20.7 Å². The SMILES string of the molecule is CCNC(=NCC(OC)c1ccc(F)cc1)NC1CCN(CC(=O)NC)CC1. The molecule has 1 fully saturated rings. The zero-order valence-electron chi connectivity index (χ0n) is 17.0. The molecule has 1 unspecified atom stereocenters. The largest absolute Gasteiger partial charge is 0.375 e. The summed E-state index contributed by atoms with van der Waals surface area (Å²) in [4.78, 5) is 18.3. The number of halogens is 1. The number of hydrogen-bond donors (Lipinski definition) is 3. The normalized spacial score (nSPS) is 17.2. The fourth-order valence-corrected chi connectivity index (χ4v) is 3.20. The van der Waals surface area contributed by atoms with E-state index in [4.69, 9.17) is 4.74 Å². The third-order valence-electron chi connectivity index (χ3n) is 4.86. The highest BCUT2D eigenvalue weighted by atomic mass is 19.1. The molecule has 2 rings (SSSR count). The smallest absolute Gasteiger partial charge is 0.233 e. The maximum Gasteiger partial charge on any atom is 0.233 e. The highest BCUT2D eigenvalue weighted by Crippen LogP contribution is 2.17. The predicted octanol–water partition coefficient (Wildman–Crippen LogP) is 1.28. The molecular weight excluding hydrogens is 361 g/mol. The first-order valence-electron chi connectivity index (χ1n) is 9.81. The van der Waals surface area contributed by atoms with E-state index < -0.39 is 0 Å². The van der Waals surface area contributed by atoms with E-state index in [1.165, 1.54) is 12.1 Å². The summed E-state index contributed by atoms with van der Waals surface area (Å²) in [5.41, 5.74) is 0.894. The van der Waals surface area contributed by atoms with Crippen molar-refractivity contribution in [3.63, 3.8) is 0 Å². The van der Waals surface area contributed by atoms with E-state index in [-0.39, 0.29) is 17.8 Å². The molecule has 0 radical (unpaired) electrons. The van der Waals surface area contributed by atoms with Crippen LogP contribution in [0.5, 0.6) is 0 Å². The third-order valence-corrected chi connectivity index (χ3v) is 4.86. The van der Waals surface area contributed by atoms with Crippen LogP contribution in [0.15, 0.2) is 29.3 Å². The van der Waals surface area contributed by atoms with Crippen molar-refractivity contribution in [2.45, 2.75) is 31.9 Å². The lowest BCUT2D eigenvalue weighted by Gasteiger charge is -2.32. The van der Waals surface area contributed by atoms with Crippen molar-refractivity contribution >= 4 is 11.9 Å². The molecule has 1 aliphatic rings. The minimum absolute atomic E-state index is 0.0488. The number of amides is 1. The van der Waals surface area contributed by atoms with E-state index in [2.05, 4.69) is 25.8 Å². The minimum atomic E-state index is -0.264. The molecule has 28 heavy (non-hydrogen) atoms. The highest BCUT2D eigenvalue weighted by Gasteiger charge is 2.21. The molecule has 1 heterocycles. The van der Waals surface area contributed by atoms with Crippen LogP contribution in [-0.2, 0) is 9.53 Å². The van der Waals surface area contributed by atoms with E-state index in [9.17, 15) is 9.18 Å². The first kappa shape index (κ1) is 22.1. The second-order valence-electron chi connectivity index (χ2n) is 6.86. The van der Waals surface area contributed by atoms with Crippen LogP contribution in [0.3, 0.4) is 0 Å². The van der Waals surface area contributed by atoms with Gasteiger partial charge in [0.15, 0.2) is 5.96 Å². The van der Waals surface area contributed by atoms with Gasteiger partial charge in [0, 0.05) is 39.8 Å². The number of rotatable bonds is 8. The van der Waals surface area contributed by atoms with E-state index in [0.717, 1.165) is 44.0 Å². The summed E-state index contributed by atoms with van der Waals surface area (Å²) in [6, 6.07) is 6.62. The van der Waals surface area contributed by atoms with Gasteiger partial charge in [-0.15, -0.1) is 0 Å². The van der Waals surface area contributed by atoms with E-state index in [1.54, 1.807) is 26.3 Å². The Hall–Kier alpha value is -2.19. The van der Waals surface area contributed by atoms with Crippen molar-refractivity contribution < 1.29 is 13.9 Å². The molecule has 1 atom stereocenters. The Balaban J connectivity index is 1.89. The Labute approximate surface area is 166 Å². The first-order valence-corrected chi connectivity index (χ1v) is 9.81. The Morgan fingerprint density at radius 3 is 2.57 bits per heavy atom. The van der Waals surface area contributed by atoms with Gasteiger partial charge in [-0.2, -0.15) is 0 Å². The Bertz CT molecular complexity index is 630. The number of carbonyl (C=O) groups is 1. The molecule has 1 aromatic rings. The van der Waals surface area contributed by atoms with Crippen LogP contribution >= 0.6 is 0 Å². The molecule has 156 valence electrons. The topological polar surface area (TPSA) is 78.0 Å². The third kappa shape index (κ3) is 7.09. The zero-order valence-corrected chi connectivity index (χ0v) is 17.0. The van der Waals surface area contributed by atoms with Gasteiger partial charge in [0.2, 0.25) is 5.91 Å². The number of aliphatic imine (C=N–C) groups is 1. The summed E-state index contributed by atoms with van der Waals surface area (Å²) in [7, 11) is 3.29. The zero-order chi connectivity index (χ0) is 20.4. The van der Waals surface area contributed by atoms with Crippen molar-refractivity contribution in [1.29, 1.82) is 0 Å². The number of guanidine groups is 1. The van der Waals surface area contributed by atoms with E-state index >= 15 is 0 Å². The lowest BCUT2D eigenvalue weighted by atomic mass is 10.1. The molecule has 0 saturated carbocycles. The van der Waals surface area contributed by atoms with Crippen LogP contribution < -0.4 is 16.0 Å². The van der Waals surface area contributed by atoms with Gasteiger partial charge in [-0.1, -0.05) is 12.1 Å². The van der Waals surface area contributed by atoms with Crippen molar-refractivity contribution in [2.75, 3.05) is 46.9 Å². The fraction of sp³-hybridized carbons (Fsp3) is 0.600. The lowest BCUT2D eigenvalue weighted by molar-refractivity contribution is -0.122. The molecular formula is C20H32FN5O2. The predicted molar refractivity (Wildman–Crippen MR) is 109 cm³/mol.